The van der Waals surface area contributed by atoms with Crippen LogP contribution in [0.1, 0.15) is 33.7 Å². The van der Waals surface area contributed by atoms with Gasteiger partial charge in [-0.2, -0.15) is 0 Å². The summed E-state index contributed by atoms with van der Waals surface area (Å²) < 4.78 is 7.24. The van der Waals surface area contributed by atoms with Gasteiger partial charge in [0.25, 0.3) is 0 Å². The lowest BCUT2D eigenvalue weighted by molar-refractivity contribution is -0.144. The highest BCUT2D eigenvalue weighted by Gasteiger charge is 2.15. The average Bonchev–Trinajstić information content (AvgIpc) is 3.30. The molecule has 6 nitrogen and oxygen atoms in total. The fraction of sp³-hybridized carbons (Fsp3) is 0.190. The number of aryl methyl sites for hydroxylation is 1. The van der Waals surface area contributed by atoms with E-state index in [0.717, 1.165) is 10.6 Å². The number of hydrogen-bond acceptors (Lipinski definition) is 5. The van der Waals surface area contributed by atoms with E-state index in [1.165, 1.54) is 18.3 Å². The molecule has 2 heterocycles. The maximum Gasteiger partial charge on any atom is 0.344 e. The van der Waals surface area contributed by atoms with Gasteiger partial charge >= 0.3 is 5.97 Å². The van der Waals surface area contributed by atoms with Gasteiger partial charge < -0.3 is 14.4 Å². The first-order valence-corrected chi connectivity index (χ1v) is 9.60. The lowest BCUT2D eigenvalue weighted by Crippen LogP contribution is -2.22. The first kappa shape index (κ1) is 19.6. The normalized spacial score (nSPS) is 12.2. The van der Waals surface area contributed by atoms with Gasteiger partial charge in [-0.1, -0.05) is 24.3 Å². The summed E-state index contributed by atoms with van der Waals surface area (Å²) in [7, 11) is 0. The number of aromatic nitrogens is 2. The van der Waals surface area contributed by atoms with Crippen LogP contribution < -0.4 is 4.74 Å². The van der Waals surface area contributed by atoms with Crippen LogP contribution in [-0.2, 0) is 11.3 Å². The number of carboxylic acid groups (broad SMARTS) is 1. The van der Waals surface area contributed by atoms with Crippen molar-refractivity contribution in [2.24, 2.45) is 0 Å². The molecule has 0 radical (unpaired) electrons. The molecule has 2 aromatic heterocycles. The summed E-state index contributed by atoms with van der Waals surface area (Å²) in [5.74, 6) is -0.616. The quantitative estimate of drug-likeness (QED) is 0.581. The number of carboxylic acids is 1. The Morgan fingerprint density at radius 3 is 2.86 bits per heavy atom. The summed E-state index contributed by atoms with van der Waals surface area (Å²) in [4.78, 5) is 27.8. The summed E-state index contributed by atoms with van der Waals surface area (Å²) in [6.07, 6.45) is 4.77. The number of aliphatic carboxylic acids is 1. The number of carbonyl (C=O) groups is 2. The number of thiazole rings is 1. The average molecular weight is 396 g/mol. The number of hydrogen-bond donors (Lipinski definition) is 1. The standard InChI is InChI=1S/C21H20N2O4S/c1-14(21(25)26)27-17-8-3-6-16(12-17)7-4-10-23-11-5-9-19(23)20(24)18-13-28-15(2)22-18/h3-9,11-14H,10H2,1-2H3,(H,25,26)/b7-4+/t14-/m0/s1. The molecule has 1 aromatic carbocycles. The van der Waals surface area contributed by atoms with Gasteiger partial charge in [0.15, 0.2) is 6.10 Å². The van der Waals surface area contributed by atoms with Gasteiger partial charge in [-0.15, -0.1) is 11.3 Å². The highest BCUT2D eigenvalue weighted by molar-refractivity contribution is 7.09. The largest absolute Gasteiger partial charge is 0.479 e. The van der Waals surface area contributed by atoms with Crippen LogP contribution in [0.3, 0.4) is 0 Å². The zero-order valence-corrected chi connectivity index (χ0v) is 16.3. The first-order valence-electron chi connectivity index (χ1n) is 8.72. The molecule has 28 heavy (non-hydrogen) atoms. The minimum atomic E-state index is -1.01. The molecule has 0 saturated carbocycles. The fourth-order valence-electron chi connectivity index (χ4n) is 2.63. The lowest BCUT2D eigenvalue weighted by atomic mass is 10.2. The molecule has 0 aliphatic carbocycles. The van der Waals surface area contributed by atoms with E-state index in [4.69, 9.17) is 9.84 Å². The Balaban J connectivity index is 1.68. The summed E-state index contributed by atoms with van der Waals surface area (Å²) in [6, 6.07) is 10.8. The molecule has 0 unspecified atom stereocenters. The van der Waals surface area contributed by atoms with E-state index >= 15 is 0 Å². The van der Waals surface area contributed by atoms with E-state index in [-0.39, 0.29) is 5.78 Å². The van der Waals surface area contributed by atoms with Crippen LogP contribution in [0.15, 0.2) is 54.1 Å². The summed E-state index contributed by atoms with van der Waals surface area (Å²) in [6.45, 7) is 3.88. The van der Waals surface area contributed by atoms with Crippen molar-refractivity contribution in [1.29, 1.82) is 0 Å². The SMILES string of the molecule is Cc1nc(C(=O)c2cccn2C/C=C/c2cccc(O[C@@H](C)C(=O)O)c2)cs1. The van der Waals surface area contributed by atoms with E-state index in [1.807, 2.05) is 42.0 Å². The molecule has 0 aliphatic rings. The Morgan fingerprint density at radius 2 is 2.14 bits per heavy atom. The molecule has 3 aromatic rings. The fourth-order valence-corrected chi connectivity index (χ4v) is 3.22. The molecule has 1 N–H and O–H groups in total. The van der Waals surface area contributed by atoms with Crippen LogP contribution in [0.5, 0.6) is 5.75 Å². The molecule has 0 saturated heterocycles. The van der Waals surface area contributed by atoms with E-state index in [9.17, 15) is 9.59 Å². The zero-order chi connectivity index (χ0) is 20.1. The molecule has 7 heteroatoms. The number of ether oxygens (including phenoxy) is 1. The highest BCUT2D eigenvalue weighted by atomic mass is 32.1. The van der Waals surface area contributed by atoms with Gasteiger partial charge in [-0.3, -0.25) is 4.79 Å². The molecular weight excluding hydrogens is 376 g/mol. The minimum Gasteiger partial charge on any atom is -0.479 e. The van der Waals surface area contributed by atoms with E-state index in [1.54, 1.807) is 29.6 Å². The molecule has 0 bridgehead atoms. The van der Waals surface area contributed by atoms with E-state index < -0.39 is 12.1 Å². The predicted octanol–water partition coefficient (Wildman–Crippen LogP) is 4.05. The Kier molecular flexibility index (Phi) is 6.06. The number of benzene rings is 1. The maximum absolute atomic E-state index is 12.6. The molecule has 0 amide bonds. The van der Waals surface area contributed by atoms with Crippen molar-refractivity contribution in [2.75, 3.05) is 0 Å². The number of carbonyl (C=O) groups excluding carboxylic acids is 1. The van der Waals surface area contributed by atoms with E-state index in [0.29, 0.717) is 23.7 Å². The third kappa shape index (κ3) is 4.75. The van der Waals surface area contributed by atoms with Crippen LogP contribution in [0.25, 0.3) is 6.08 Å². The zero-order valence-electron chi connectivity index (χ0n) is 15.5. The van der Waals surface area contributed by atoms with Crippen LogP contribution in [0.2, 0.25) is 0 Å². The topological polar surface area (TPSA) is 81.4 Å². The summed E-state index contributed by atoms with van der Waals surface area (Å²) in [5.41, 5.74) is 1.93. The van der Waals surface area contributed by atoms with Crippen LogP contribution in [0, 0.1) is 6.92 Å². The van der Waals surface area contributed by atoms with Crippen molar-refractivity contribution >= 4 is 29.2 Å². The van der Waals surface area contributed by atoms with E-state index in [2.05, 4.69) is 4.98 Å². The van der Waals surface area contributed by atoms with Gasteiger partial charge in [0.1, 0.15) is 11.4 Å². The number of rotatable bonds is 8. The van der Waals surface area contributed by atoms with Crippen molar-refractivity contribution < 1.29 is 19.4 Å². The smallest absolute Gasteiger partial charge is 0.344 e. The number of allylic oxidation sites excluding steroid dienone is 1. The van der Waals surface area contributed by atoms with Gasteiger partial charge in [-0.25, -0.2) is 9.78 Å². The molecular formula is C21H20N2O4S. The monoisotopic (exact) mass is 396 g/mol. The van der Waals surface area contributed by atoms with Crippen LogP contribution >= 0.6 is 11.3 Å². The molecule has 0 spiro atoms. The van der Waals surface area contributed by atoms with Crippen molar-refractivity contribution in [3.63, 3.8) is 0 Å². The second-order valence-electron chi connectivity index (χ2n) is 6.20. The second-order valence-corrected chi connectivity index (χ2v) is 7.26. The lowest BCUT2D eigenvalue weighted by Gasteiger charge is -2.10. The third-order valence-electron chi connectivity index (χ3n) is 4.04. The maximum atomic E-state index is 12.6. The van der Waals surface area contributed by atoms with Crippen LogP contribution in [-0.4, -0.2) is 32.5 Å². The Bertz CT molecular complexity index is 1020. The van der Waals surface area contributed by atoms with Gasteiger partial charge in [-0.05, 0) is 43.7 Å². The molecule has 3 rings (SSSR count). The van der Waals surface area contributed by atoms with Gasteiger partial charge in [0.05, 0.1) is 10.7 Å². The Hall–Kier alpha value is -3.19. The van der Waals surface area contributed by atoms with Crippen molar-refractivity contribution in [2.45, 2.75) is 26.5 Å². The minimum absolute atomic E-state index is 0.0965. The van der Waals surface area contributed by atoms with Gasteiger partial charge in [0, 0.05) is 18.1 Å². The number of ketones is 1. The molecule has 0 aliphatic heterocycles. The second kappa shape index (κ2) is 8.67. The van der Waals surface area contributed by atoms with Crippen molar-refractivity contribution in [3.8, 4) is 5.75 Å². The summed E-state index contributed by atoms with van der Waals surface area (Å²) in [5, 5.41) is 11.6. The molecule has 0 fully saturated rings. The van der Waals surface area contributed by atoms with Crippen molar-refractivity contribution in [3.05, 3.63) is 76.0 Å². The predicted molar refractivity (Wildman–Crippen MR) is 108 cm³/mol. The molecule has 144 valence electrons. The summed E-state index contributed by atoms with van der Waals surface area (Å²) >= 11 is 1.45. The van der Waals surface area contributed by atoms with Gasteiger partial charge in [0.2, 0.25) is 5.78 Å². The number of nitrogens with zero attached hydrogens (tertiary/aromatic N) is 2. The first-order chi connectivity index (χ1) is 13.4. The molecule has 1 atom stereocenters. The Morgan fingerprint density at radius 1 is 1.32 bits per heavy atom. The highest BCUT2D eigenvalue weighted by Crippen LogP contribution is 2.17. The third-order valence-corrected chi connectivity index (χ3v) is 4.82. The Labute approximate surface area is 166 Å². The van der Waals surface area contributed by atoms with Crippen LogP contribution in [0.4, 0.5) is 0 Å². The van der Waals surface area contributed by atoms with Crippen molar-refractivity contribution in [1.82, 2.24) is 9.55 Å².